The molecule has 2 saturated heterocycles. The number of nitrogens with one attached hydrogen (secondary N) is 1. The van der Waals surface area contributed by atoms with Gasteiger partial charge in [-0.1, -0.05) is 12.1 Å². The molecule has 0 radical (unpaired) electrons. The summed E-state index contributed by atoms with van der Waals surface area (Å²) in [6, 6.07) is 12.7. The van der Waals surface area contributed by atoms with E-state index in [1.54, 1.807) is 24.3 Å². The molecule has 2 aromatic rings. The van der Waals surface area contributed by atoms with Crippen molar-refractivity contribution in [2.24, 2.45) is 0 Å². The number of nitrogens with zero attached hydrogens (tertiary/aromatic N) is 2. The van der Waals surface area contributed by atoms with Crippen LogP contribution in [0, 0.1) is 17.1 Å². The summed E-state index contributed by atoms with van der Waals surface area (Å²) < 4.78 is 19.5. The topological polar surface area (TPSA) is 57.9 Å². The Morgan fingerprint density at radius 2 is 1.96 bits per heavy atom. The van der Waals surface area contributed by atoms with Gasteiger partial charge in [-0.3, -0.25) is 0 Å². The van der Waals surface area contributed by atoms with Crippen LogP contribution in [-0.2, 0) is 0 Å². The summed E-state index contributed by atoms with van der Waals surface area (Å²) in [6.07, 6.45) is 4.44. The van der Waals surface area contributed by atoms with E-state index < -0.39 is 0 Å². The van der Waals surface area contributed by atoms with Crippen molar-refractivity contribution in [3.63, 3.8) is 0 Å². The molecule has 2 aliphatic rings. The highest BCUT2D eigenvalue weighted by Crippen LogP contribution is 2.30. The van der Waals surface area contributed by atoms with Gasteiger partial charge < -0.3 is 10.1 Å². The molecule has 4 rings (SSSR count). The molecule has 122 valence electrons. The number of ether oxygens (including phenoxy) is 1. The molecule has 0 saturated carbocycles. The minimum atomic E-state index is -0.325. The van der Waals surface area contributed by atoms with Crippen molar-refractivity contribution in [3.8, 4) is 23.2 Å². The standard InChI is InChI=1S/C19H18FN3O/c20-14-3-1-2-13(8-14)18-6-12(11-21)7-19(23-18)24-17-9-15-4-5-16(10-17)22-15/h1-3,6-8,15-17,22H,4-5,9-10H2/t15-,16+,17?. The Hall–Kier alpha value is -2.45. The fourth-order valence-corrected chi connectivity index (χ4v) is 3.70. The van der Waals surface area contributed by atoms with Gasteiger partial charge in [0, 0.05) is 23.7 Å². The lowest BCUT2D eigenvalue weighted by Gasteiger charge is -2.29. The molecule has 1 aromatic carbocycles. The molecule has 1 N–H and O–H groups in total. The first-order valence-corrected chi connectivity index (χ1v) is 8.30. The number of benzene rings is 1. The van der Waals surface area contributed by atoms with E-state index in [0.717, 1.165) is 12.8 Å². The molecular formula is C19H18FN3O. The van der Waals surface area contributed by atoms with Gasteiger partial charge in [0.25, 0.3) is 0 Å². The lowest BCUT2D eigenvalue weighted by molar-refractivity contribution is 0.132. The Morgan fingerprint density at radius 1 is 1.17 bits per heavy atom. The van der Waals surface area contributed by atoms with Crippen LogP contribution in [0.3, 0.4) is 0 Å². The Bertz CT molecular complexity index is 789. The first-order chi connectivity index (χ1) is 11.7. The van der Waals surface area contributed by atoms with Crippen LogP contribution in [0.25, 0.3) is 11.3 Å². The van der Waals surface area contributed by atoms with Crippen molar-refractivity contribution in [3.05, 3.63) is 47.8 Å². The van der Waals surface area contributed by atoms with Crippen molar-refractivity contribution < 1.29 is 9.13 Å². The summed E-state index contributed by atoms with van der Waals surface area (Å²) in [4.78, 5) is 4.50. The summed E-state index contributed by atoms with van der Waals surface area (Å²) in [5.74, 6) is 0.119. The van der Waals surface area contributed by atoms with Crippen molar-refractivity contribution >= 4 is 0 Å². The fraction of sp³-hybridized carbons (Fsp3) is 0.368. The van der Waals surface area contributed by atoms with Crippen LogP contribution in [-0.4, -0.2) is 23.2 Å². The van der Waals surface area contributed by atoms with Gasteiger partial charge in [-0.15, -0.1) is 0 Å². The van der Waals surface area contributed by atoms with Crippen LogP contribution in [0.5, 0.6) is 5.88 Å². The SMILES string of the molecule is N#Cc1cc(OC2C[C@H]3CC[C@@H](C2)N3)nc(-c2cccc(F)c2)c1. The van der Waals surface area contributed by atoms with Crippen molar-refractivity contribution in [1.82, 2.24) is 10.3 Å². The number of piperidine rings is 1. The van der Waals surface area contributed by atoms with Crippen LogP contribution in [0.15, 0.2) is 36.4 Å². The summed E-state index contributed by atoms with van der Waals surface area (Å²) in [5, 5.41) is 12.8. The Balaban J connectivity index is 1.61. The van der Waals surface area contributed by atoms with E-state index in [-0.39, 0.29) is 11.9 Å². The van der Waals surface area contributed by atoms with Crippen molar-refractivity contribution in [2.45, 2.75) is 43.9 Å². The van der Waals surface area contributed by atoms with Gasteiger partial charge >= 0.3 is 0 Å². The van der Waals surface area contributed by atoms with Gasteiger partial charge in [-0.2, -0.15) is 5.26 Å². The van der Waals surface area contributed by atoms with Gasteiger partial charge in [0.1, 0.15) is 11.9 Å². The monoisotopic (exact) mass is 323 g/mol. The van der Waals surface area contributed by atoms with E-state index >= 15 is 0 Å². The fourth-order valence-electron chi connectivity index (χ4n) is 3.70. The maximum absolute atomic E-state index is 13.5. The normalized spacial score (nSPS) is 25.2. The van der Waals surface area contributed by atoms with Crippen LogP contribution >= 0.6 is 0 Å². The highest BCUT2D eigenvalue weighted by atomic mass is 19.1. The average molecular weight is 323 g/mol. The van der Waals surface area contributed by atoms with Crippen molar-refractivity contribution in [2.75, 3.05) is 0 Å². The number of aromatic nitrogens is 1. The molecule has 4 nitrogen and oxygen atoms in total. The second kappa shape index (κ2) is 6.21. The quantitative estimate of drug-likeness (QED) is 0.940. The largest absolute Gasteiger partial charge is 0.474 e. The predicted molar refractivity (Wildman–Crippen MR) is 87.9 cm³/mol. The second-order valence-corrected chi connectivity index (χ2v) is 6.55. The average Bonchev–Trinajstić information content (AvgIpc) is 2.93. The number of rotatable bonds is 3. The van der Waals surface area contributed by atoms with E-state index in [2.05, 4.69) is 16.4 Å². The number of hydrogen-bond donors (Lipinski definition) is 1. The van der Waals surface area contributed by atoms with E-state index in [1.165, 1.54) is 25.0 Å². The molecule has 1 unspecified atom stereocenters. The van der Waals surface area contributed by atoms with Gasteiger partial charge in [-0.25, -0.2) is 9.37 Å². The van der Waals surface area contributed by atoms with Gasteiger partial charge in [0.05, 0.1) is 17.3 Å². The molecule has 24 heavy (non-hydrogen) atoms. The molecule has 5 heteroatoms. The summed E-state index contributed by atoms with van der Waals surface area (Å²) in [7, 11) is 0. The van der Waals surface area contributed by atoms with Crippen LogP contribution < -0.4 is 10.1 Å². The van der Waals surface area contributed by atoms with Gasteiger partial charge in [0.15, 0.2) is 0 Å². The van der Waals surface area contributed by atoms with Gasteiger partial charge in [0.2, 0.25) is 5.88 Å². The smallest absolute Gasteiger partial charge is 0.215 e. The molecule has 0 spiro atoms. The third kappa shape index (κ3) is 3.10. The third-order valence-corrected chi connectivity index (χ3v) is 4.77. The second-order valence-electron chi connectivity index (χ2n) is 6.55. The first-order valence-electron chi connectivity index (χ1n) is 8.30. The van der Waals surface area contributed by atoms with Gasteiger partial charge in [-0.05, 0) is 43.9 Å². The Morgan fingerprint density at radius 3 is 2.67 bits per heavy atom. The number of pyridine rings is 1. The van der Waals surface area contributed by atoms with Crippen LogP contribution in [0.4, 0.5) is 4.39 Å². The Kier molecular flexibility index (Phi) is 3.91. The molecule has 2 aliphatic heterocycles. The van der Waals surface area contributed by atoms with E-state index in [4.69, 9.17) is 4.74 Å². The first kappa shape index (κ1) is 15.1. The van der Waals surface area contributed by atoms with E-state index in [0.29, 0.717) is 34.8 Å². The van der Waals surface area contributed by atoms with E-state index in [1.807, 2.05) is 0 Å². The van der Waals surface area contributed by atoms with Crippen molar-refractivity contribution in [1.29, 1.82) is 5.26 Å². The third-order valence-electron chi connectivity index (χ3n) is 4.77. The lowest BCUT2D eigenvalue weighted by Crippen LogP contribution is -2.42. The van der Waals surface area contributed by atoms with E-state index in [9.17, 15) is 9.65 Å². The number of fused-ring (bicyclic) bond motifs is 2. The molecule has 0 amide bonds. The number of halogens is 1. The molecule has 3 atom stereocenters. The summed E-state index contributed by atoms with van der Waals surface area (Å²) >= 11 is 0. The van der Waals surface area contributed by atoms with Crippen LogP contribution in [0.2, 0.25) is 0 Å². The maximum Gasteiger partial charge on any atom is 0.215 e. The zero-order valence-electron chi connectivity index (χ0n) is 13.2. The minimum absolute atomic E-state index is 0.116. The highest BCUT2D eigenvalue weighted by Gasteiger charge is 2.34. The number of nitriles is 1. The maximum atomic E-state index is 13.5. The molecule has 1 aromatic heterocycles. The summed E-state index contributed by atoms with van der Waals surface area (Å²) in [6.45, 7) is 0. The molecular weight excluding hydrogens is 305 g/mol. The zero-order valence-corrected chi connectivity index (χ0v) is 13.2. The predicted octanol–water partition coefficient (Wildman–Crippen LogP) is 3.42. The molecule has 2 bridgehead atoms. The van der Waals surface area contributed by atoms with Crippen LogP contribution in [0.1, 0.15) is 31.2 Å². The zero-order chi connectivity index (χ0) is 16.5. The molecule has 0 aliphatic carbocycles. The highest BCUT2D eigenvalue weighted by molar-refractivity contribution is 5.61. The summed E-state index contributed by atoms with van der Waals surface area (Å²) in [5.41, 5.74) is 1.67. The number of hydrogen-bond acceptors (Lipinski definition) is 4. The Labute approximate surface area is 140 Å². The molecule has 3 heterocycles. The molecule has 2 fully saturated rings. The lowest BCUT2D eigenvalue weighted by atomic mass is 10.0. The minimum Gasteiger partial charge on any atom is -0.474 e.